The summed E-state index contributed by atoms with van der Waals surface area (Å²) >= 11 is 12.3. The molecule has 0 unspecified atom stereocenters. The molecule has 0 atom stereocenters. The third kappa shape index (κ3) is 7.60. The van der Waals surface area contributed by atoms with Crippen LogP contribution in [0.1, 0.15) is 19.3 Å². The first kappa shape index (κ1) is 26.3. The number of para-hydroxylation sites is 1. The molecule has 2 N–H and O–H groups in total. The van der Waals surface area contributed by atoms with Crippen LogP contribution in [0.3, 0.4) is 0 Å². The fraction of sp³-hybridized carbons (Fsp3) is 0.269. The summed E-state index contributed by atoms with van der Waals surface area (Å²) in [6.07, 6.45) is 5.23. The second kappa shape index (κ2) is 13.0. The van der Waals surface area contributed by atoms with Crippen LogP contribution in [-0.2, 0) is 4.79 Å². The minimum absolute atomic E-state index is 0.0361. The molecular formula is C26H29Cl2N5O2. The van der Waals surface area contributed by atoms with E-state index >= 15 is 0 Å². The SMILES string of the molecule is C=C/C(=C\N=C)CCCC(=O)Nc1ccc(N2CCN(C(=O)Nc3c(Cl)cccc3Cl)CC2)cc1. The zero-order valence-electron chi connectivity index (χ0n) is 19.5. The van der Waals surface area contributed by atoms with Gasteiger partial charge in [0.25, 0.3) is 0 Å². The van der Waals surface area contributed by atoms with Gasteiger partial charge in [0.15, 0.2) is 0 Å². The van der Waals surface area contributed by atoms with Crippen molar-refractivity contribution in [2.24, 2.45) is 4.99 Å². The molecule has 0 bridgehead atoms. The van der Waals surface area contributed by atoms with Gasteiger partial charge in [0.05, 0.1) is 15.7 Å². The first-order chi connectivity index (χ1) is 16.9. The van der Waals surface area contributed by atoms with Crippen molar-refractivity contribution < 1.29 is 9.59 Å². The van der Waals surface area contributed by atoms with Crippen LogP contribution in [0, 0.1) is 0 Å². The lowest BCUT2D eigenvalue weighted by atomic mass is 10.1. The second-order valence-corrected chi connectivity index (χ2v) is 8.85. The molecule has 1 saturated heterocycles. The molecule has 1 heterocycles. The number of benzene rings is 2. The van der Waals surface area contributed by atoms with Crippen molar-refractivity contribution in [1.29, 1.82) is 0 Å². The van der Waals surface area contributed by atoms with Crippen LogP contribution in [0.15, 0.2) is 71.9 Å². The molecule has 3 amide bonds. The Labute approximate surface area is 216 Å². The number of allylic oxidation sites excluding steroid dienone is 2. The highest BCUT2D eigenvalue weighted by molar-refractivity contribution is 6.39. The van der Waals surface area contributed by atoms with Gasteiger partial charge in [-0.2, -0.15) is 0 Å². The number of aliphatic imine (C=N–C) groups is 1. The Balaban J connectivity index is 1.45. The fourth-order valence-electron chi connectivity index (χ4n) is 3.74. The summed E-state index contributed by atoms with van der Waals surface area (Å²) in [5.41, 5.74) is 3.17. The molecule has 1 fully saturated rings. The van der Waals surface area contributed by atoms with Crippen LogP contribution in [-0.4, -0.2) is 49.7 Å². The van der Waals surface area contributed by atoms with Crippen molar-refractivity contribution in [1.82, 2.24) is 4.90 Å². The molecule has 0 radical (unpaired) electrons. The normalized spacial score (nSPS) is 13.8. The van der Waals surface area contributed by atoms with Crippen molar-refractivity contribution in [2.75, 3.05) is 41.7 Å². The van der Waals surface area contributed by atoms with E-state index in [0.717, 1.165) is 23.4 Å². The Hall–Kier alpha value is -3.29. The first-order valence-corrected chi connectivity index (χ1v) is 12.1. The summed E-state index contributed by atoms with van der Waals surface area (Å²) < 4.78 is 0. The number of rotatable bonds is 9. The Kier molecular flexibility index (Phi) is 9.76. The van der Waals surface area contributed by atoms with Crippen LogP contribution in [0.25, 0.3) is 0 Å². The molecule has 184 valence electrons. The fourth-order valence-corrected chi connectivity index (χ4v) is 4.23. The standard InChI is InChI=1S/C26H29Cl2N5O2/c1-3-19(18-29-2)6-4-9-24(34)30-20-10-12-21(13-11-20)32-14-16-33(17-15-32)26(35)31-25-22(27)7-5-8-23(25)28/h3,5,7-8,10-13,18H,1-2,4,6,9,14-17H2,(H,30,34)(H,31,35)/b19-18+. The number of anilines is 3. The molecule has 0 spiro atoms. The summed E-state index contributed by atoms with van der Waals surface area (Å²) in [7, 11) is 0. The zero-order chi connectivity index (χ0) is 25.2. The van der Waals surface area contributed by atoms with Gasteiger partial charge in [-0.1, -0.05) is 41.9 Å². The average molecular weight is 514 g/mol. The van der Waals surface area contributed by atoms with E-state index in [2.05, 4.69) is 33.8 Å². The van der Waals surface area contributed by atoms with Crippen LogP contribution in [0.4, 0.5) is 21.9 Å². The average Bonchev–Trinajstić information content (AvgIpc) is 2.86. The van der Waals surface area contributed by atoms with Gasteiger partial charge in [-0.25, -0.2) is 4.79 Å². The van der Waals surface area contributed by atoms with Crippen molar-refractivity contribution in [3.8, 4) is 0 Å². The molecule has 7 nitrogen and oxygen atoms in total. The number of nitrogens with one attached hydrogen (secondary N) is 2. The van der Waals surface area contributed by atoms with Crippen LogP contribution >= 0.6 is 23.2 Å². The predicted molar refractivity (Wildman–Crippen MR) is 146 cm³/mol. The van der Waals surface area contributed by atoms with Crippen molar-refractivity contribution >= 4 is 58.9 Å². The van der Waals surface area contributed by atoms with E-state index in [1.807, 2.05) is 24.3 Å². The van der Waals surface area contributed by atoms with Gasteiger partial charge in [-0.05, 0) is 61.5 Å². The van der Waals surface area contributed by atoms with Crippen LogP contribution in [0.2, 0.25) is 10.0 Å². The summed E-state index contributed by atoms with van der Waals surface area (Å²) in [6, 6.07) is 12.6. The number of hydrogen-bond acceptors (Lipinski definition) is 4. The van der Waals surface area contributed by atoms with Crippen molar-refractivity contribution in [3.63, 3.8) is 0 Å². The summed E-state index contributed by atoms with van der Waals surface area (Å²) in [6.45, 7) is 9.68. The zero-order valence-corrected chi connectivity index (χ0v) is 21.0. The minimum Gasteiger partial charge on any atom is -0.368 e. The largest absolute Gasteiger partial charge is 0.368 e. The highest BCUT2D eigenvalue weighted by Gasteiger charge is 2.22. The van der Waals surface area contributed by atoms with Gasteiger partial charge in [0, 0.05) is 50.2 Å². The molecule has 2 aromatic rings. The lowest BCUT2D eigenvalue weighted by Gasteiger charge is -2.36. The molecule has 0 aromatic heterocycles. The van der Waals surface area contributed by atoms with Gasteiger partial charge >= 0.3 is 6.03 Å². The number of carbonyl (C=O) groups excluding carboxylic acids is 2. The monoisotopic (exact) mass is 513 g/mol. The van der Waals surface area contributed by atoms with Crippen LogP contribution in [0.5, 0.6) is 0 Å². The maximum absolute atomic E-state index is 12.6. The van der Waals surface area contributed by atoms with E-state index in [-0.39, 0.29) is 11.9 Å². The smallest absolute Gasteiger partial charge is 0.322 e. The number of hydrogen-bond donors (Lipinski definition) is 2. The van der Waals surface area contributed by atoms with Gasteiger partial charge in [0.1, 0.15) is 0 Å². The van der Waals surface area contributed by atoms with E-state index < -0.39 is 0 Å². The van der Waals surface area contributed by atoms with Gasteiger partial charge in [-0.3, -0.25) is 9.79 Å². The van der Waals surface area contributed by atoms with Crippen LogP contribution < -0.4 is 15.5 Å². The topological polar surface area (TPSA) is 77.0 Å². The second-order valence-electron chi connectivity index (χ2n) is 8.04. The van der Waals surface area contributed by atoms with E-state index in [9.17, 15) is 9.59 Å². The molecule has 0 saturated carbocycles. The number of amides is 3. The molecule has 9 heteroatoms. The van der Waals surface area contributed by atoms with E-state index in [1.165, 1.54) is 0 Å². The van der Waals surface area contributed by atoms with Gasteiger partial charge in [-0.15, -0.1) is 0 Å². The Morgan fingerprint density at radius 2 is 1.63 bits per heavy atom. The first-order valence-electron chi connectivity index (χ1n) is 11.3. The van der Waals surface area contributed by atoms with E-state index in [0.29, 0.717) is 54.8 Å². The van der Waals surface area contributed by atoms with Gasteiger partial charge in [0.2, 0.25) is 5.91 Å². The molecule has 1 aliphatic heterocycles. The highest BCUT2D eigenvalue weighted by atomic mass is 35.5. The molecule has 35 heavy (non-hydrogen) atoms. The molecule has 1 aliphatic rings. The third-order valence-corrected chi connectivity index (χ3v) is 6.30. The maximum Gasteiger partial charge on any atom is 0.322 e. The Morgan fingerprint density at radius 3 is 2.23 bits per heavy atom. The number of halogens is 2. The van der Waals surface area contributed by atoms with Crippen molar-refractivity contribution in [2.45, 2.75) is 19.3 Å². The molecule has 2 aromatic carbocycles. The Morgan fingerprint density at radius 1 is 0.971 bits per heavy atom. The number of nitrogens with zero attached hydrogens (tertiary/aromatic N) is 3. The summed E-state index contributed by atoms with van der Waals surface area (Å²) in [5.74, 6) is -0.0361. The lowest BCUT2D eigenvalue weighted by Crippen LogP contribution is -2.50. The number of urea groups is 1. The summed E-state index contributed by atoms with van der Waals surface area (Å²) in [5, 5.41) is 6.54. The quantitative estimate of drug-likeness (QED) is 0.308. The maximum atomic E-state index is 12.6. The number of carbonyl (C=O) groups is 2. The predicted octanol–water partition coefficient (Wildman–Crippen LogP) is 6.23. The van der Waals surface area contributed by atoms with Gasteiger partial charge < -0.3 is 20.4 Å². The van der Waals surface area contributed by atoms with Crippen molar-refractivity contribution in [3.05, 3.63) is 76.9 Å². The summed E-state index contributed by atoms with van der Waals surface area (Å²) in [4.78, 5) is 32.6. The minimum atomic E-state index is -0.228. The molecule has 0 aliphatic carbocycles. The highest BCUT2D eigenvalue weighted by Crippen LogP contribution is 2.30. The molecule has 3 rings (SSSR count). The Bertz CT molecular complexity index is 1070. The van der Waals surface area contributed by atoms with E-state index in [1.54, 1.807) is 35.4 Å². The third-order valence-electron chi connectivity index (χ3n) is 5.67. The van der Waals surface area contributed by atoms with E-state index in [4.69, 9.17) is 23.2 Å². The number of piperazine rings is 1. The lowest BCUT2D eigenvalue weighted by molar-refractivity contribution is -0.116. The molecular weight excluding hydrogens is 485 g/mol.